The molecule has 30 heavy (non-hydrogen) atoms. The molecule has 0 aliphatic carbocycles. The van der Waals surface area contributed by atoms with Gasteiger partial charge in [-0.2, -0.15) is 0 Å². The molecule has 0 saturated heterocycles. The number of phenols is 1. The number of para-hydroxylation sites is 3. The number of thioether (sulfide) groups is 1. The average Bonchev–Trinajstić information content (AvgIpc) is 2.93. The van der Waals surface area contributed by atoms with Gasteiger partial charge in [0.1, 0.15) is 22.6 Å². The Morgan fingerprint density at radius 1 is 0.900 bits per heavy atom. The molecule has 2 heterocycles. The fourth-order valence-electron chi connectivity index (χ4n) is 3.58. The van der Waals surface area contributed by atoms with Crippen LogP contribution >= 0.6 is 11.8 Å². The van der Waals surface area contributed by atoms with Crippen molar-refractivity contribution in [3.05, 3.63) is 100 Å². The number of rotatable bonds is 2. The lowest BCUT2D eigenvalue weighted by Gasteiger charge is -2.14. The van der Waals surface area contributed by atoms with Gasteiger partial charge in [-0.15, -0.1) is 11.8 Å². The number of anilines is 1. The first-order valence-corrected chi connectivity index (χ1v) is 10.3. The highest BCUT2D eigenvalue weighted by Gasteiger charge is 2.25. The van der Waals surface area contributed by atoms with Gasteiger partial charge in [0.15, 0.2) is 0 Å². The van der Waals surface area contributed by atoms with E-state index in [1.807, 2.05) is 42.5 Å². The lowest BCUT2D eigenvalue weighted by atomic mass is 10.0. The molecule has 1 aliphatic heterocycles. The van der Waals surface area contributed by atoms with Crippen molar-refractivity contribution in [1.29, 1.82) is 0 Å². The van der Waals surface area contributed by atoms with Crippen molar-refractivity contribution < 1.29 is 14.6 Å². The van der Waals surface area contributed by atoms with Gasteiger partial charge < -0.3 is 19.9 Å². The summed E-state index contributed by atoms with van der Waals surface area (Å²) in [6.07, 6.45) is 1.83. The molecule has 1 aromatic heterocycles. The summed E-state index contributed by atoms with van der Waals surface area (Å²) in [5, 5.41) is 24.8. The molecular formula is C24H17NO4S. The number of aromatic hydroxyl groups is 2. The summed E-state index contributed by atoms with van der Waals surface area (Å²) in [5.41, 5.74) is 1.70. The van der Waals surface area contributed by atoms with E-state index in [0.717, 1.165) is 10.6 Å². The molecule has 0 fully saturated rings. The van der Waals surface area contributed by atoms with Crippen LogP contribution in [0.4, 0.5) is 5.69 Å². The van der Waals surface area contributed by atoms with Crippen LogP contribution in [0.2, 0.25) is 0 Å². The van der Waals surface area contributed by atoms with Gasteiger partial charge in [0.2, 0.25) is 0 Å². The highest BCUT2D eigenvalue weighted by Crippen LogP contribution is 2.47. The normalized spacial score (nSPS) is 15.7. The maximum Gasteiger partial charge on any atom is 0.349 e. The first-order chi connectivity index (χ1) is 14.6. The van der Waals surface area contributed by atoms with Crippen LogP contribution in [0.5, 0.6) is 11.5 Å². The Morgan fingerprint density at radius 3 is 2.50 bits per heavy atom. The molecule has 148 valence electrons. The Bertz CT molecular complexity index is 1360. The molecule has 0 saturated carbocycles. The van der Waals surface area contributed by atoms with Crippen LogP contribution < -0.4 is 10.9 Å². The van der Waals surface area contributed by atoms with Crippen LogP contribution in [0.15, 0.2) is 93.0 Å². The van der Waals surface area contributed by atoms with Crippen molar-refractivity contribution in [3.63, 3.8) is 0 Å². The van der Waals surface area contributed by atoms with Gasteiger partial charge >= 0.3 is 5.63 Å². The standard InChI is InChI=1S/C24H17NO4S/c26-18-10-4-1-7-14(18)21-13-17(25-16-9-3-6-12-20(16)30-21)22-23(27)15-8-2-5-11-19(15)29-24(22)28/h1-13,21,25-27H. The number of hydrogen-bond donors (Lipinski definition) is 3. The lowest BCUT2D eigenvalue weighted by molar-refractivity contribution is 0.465. The van der Waals surface area contributed by atoms with Crippen molar-refractivity contribution in [2.24, 2.45) is 0 Å². The van der Waals surface area contributed by atoms with E-state index in [-0.39, 0.29) is 22.3 Å². The van der Waals surface area contributed by atoms with Gasteiger partial charge in [-0.3, -0.25) is 0 Å². The smallest absolute Gasteiger partial charge is 0.349 e. The van der Waals surface area contributed by atoms with Gasteiger partial charge in [-0.25, -0.2) is 4.79 Å². The van der Waals surface area contributed by atoms with E-state index in [0.29, 0.717) is 22.2 Å². The first-order valence-electron chi connectivity index (χ1n) is 9.39. The molecule has 1 atom stereocenters. The fourth-order valence-corrected chi connectivity index (χ4v) is 4.79. The van der Waals surface area contributed by atoms with Crippen molar-refractivity contribution in [2.75, 3.05) is 5.32 Å². The summed E-state index contributed by atoms with van der Waals surface area (Å²) in [5.74, 6) is 0.0285. The number of hydrogen-bond acceptors (Lipinski definition) is 6. The molecule has 4 aromatic rings. The highest BCUT2D eigenvalue weighted by atomic mass is 32.2. The minimum absolute atomic E-state index is 0.0615. The van der Waals surface area contributed by atoms with E-state index in [4.69, 9.17) is 4.42 Å². The average molecular weight is 415 g/mol. The quantitative estimate of drug-likeness (QED) is 0.375. The number of fused-ring (bicyclic) bond motifs is 2. The molecule has 0 spiro atoms. The second-order valence-corrected chi connectivity index (χ2v) is 8.09. The predicted molar refractivity (Wildman–Crippen MR) is 119 cm³/mol. The summed E-state index contributed by atoms with van der Waals surface area (Å²) >= 11 is 1.55. The third kappa shape index (κ3) is 3.11. The van der Waals surface area contributed by atoms with Gasteiger partial charge in [0, 0.05) is 10.5 Å². The van der Waals surface area contributed by atoms with Crippen molar-refractivity contribution in [3.8, 4) is 11.5 Å². The molecular weight excluding hydrogens is 398 g/mol. The van der Waals surface area contributed by atoms with E-state index < -0.39 is 5.63 Å². The third-order valence-corrected chi connectivity index (χ3v) is 6.28. The summed E-state index contributed by atoms with van der Waals surface area (Å²) in [7, 11) is 0. The summed E-state index contributed by atoms with van der Waals surface area (Å²) in [6.45, 7) is 0. The summed E-state index contributed by atoms with van der Waals surface area (Å²) < 4.78 is 5.47. The minimum Gasteiger partial charge on any atom is -0.508 e. The second-order valence-electron chi connectivity index (χ2n) is 6.91. The van der Waals surface area contributed by atoms with Gasteiger partial charge in [0.05, 0.1) is 22.0 Å². The van der Waals surface area contributed by atoms with Crippen LogP contribution in [0, 0.1) is 0 Å². The van der Waals surface area contributed by atoms with E-state index in [9.17, 15) is 15.0 Å². The van der Waals surface area contributed by atoms with Crippen molar-refractivity contribution >= 4 is 34.1 Å². The Balaban J connectivity index is 1.75. The van der Waals surface area contributed by atoms with E-state index in [1.165, 1.54) is 0 Å². The number of benzene rings is 3. The van der Waals surface area contributed by atoms with Crippen LogP contribution in [-0.2, 0) is 0 Å². The maximum atomic E-state index is 12.8. The van der Waals surface area contributed by atoms with Gasteiger partial charge in [0.25, 0.3) is 0 Å². The van der Waals surface area contributed by atoms with Gasteiger partial charge in [-0.05, 0) is 36.4 Å². The molecule has 1 aliphatic rings. The largest absolute Gasteiger partial charge is 0.508 e. The molecule has 0 amide bonds. The molecule has 3 aromatic carbocycles. The Morgan fingerprint density at radius 2 is 1.63 bits per heavy atom. The second kappa shape index (κ2) is 7.31. The number of phenolic OH excluding ortho intramolecular Hbond substituents is 1. The fraction of sp³-hybridized carbons (Fsp3) is 0.0417. The van der Waals surface area contributed by atoms with Crippen molar-refractivity contribution in [1.82, 2.24) is 0 Å². The molecule has 0 bridgehead atoms. The highest BCUT2D eigenvalue weighted by molar-refractivity contribution is 7.99. The zero-order valence-corrected chi connectivity index (χ0v) is 16.5. The molecule has 1 unspecified atom stereocenters. The molecule has 6 heteroatoms. The minimum atomic E-state index is -0.634. The summed E-state index contributed by atoms with van der Waals surface area (Å²) in [6, 6.07) is 21.7. The maximum absolute atomic E-state index is 12.8. The van der Waals surface area contributed by atoms with Crippen LogP contribution in [0.1, 0.15) is 16.4 Å². The molecule has 3 N–H and O–H groups in total. The molecule has 5 rings (SSSR count). The zero-order chi connectivity index (χ0) is 20.7. The number of nitrogens with one attached hydrogen (secondary N) is 1. The summed E-state index contributed by atoms with van der Waals surface area (Å²) in [4.78, 5) is 13.8. The Kier molecular flexibility index (Phi) is 4.48. The predicted octanol–water partition coefficient (Wildman–Crippen LogP) is 5.50. The van der Waals surface area contributed by atoms with E-state index in [1.54, 1.807) is 48.2 Å². The lowest BCUT2D eigenvalue weighted by Crippen LogP contribution is -2.12. The van der Waals surface area contributed by atoms with Crippen LogP contribution in [-0.4, -0.2) is 10.2 Å². The van der Waals surface area contributed by atoms with E-state index in [2.05, 4.69) is 5.32 Å². The van der Waals surface area contributed by atoms with Gasteiger partial charge in [-0.1, -0.05) is 42.5 Å². The third-order valence-electron chi connectivity index (χ3n) is 5.03. The van der Waals surface area contributed by atoms with Crippen LogP contribution in [0.25, 0.3) is 16.7 Å². The van der Waals surface area contributed by atoms with E-state index >= 15 is 0 Å². The Hall–Kier alpha value is -3.64. The van der Waals surface area contributed by atoms with Crippen LogP contribution in [0.3, 0.4) is 0 Å². The SMILES string of the molecule is O=c1oc2ccccc2c(O)c1C1=CC(c2ccccc2O)Sc2ccccc2N1. The molecule has 0 radical (unpaired) electrons. The monoisotopic (exact) mass is 415 g/mol. The Labute approximate surface area is 176 Å². The van der Waals surface area contributed by atoms with Crippen molar-refractivity contribution in [2.45, 2.75) is 10.1 Å². The first kappa shape index (κ1) is 18.4. The topological polar surface area (TPSA) is 82.7 Å². The molecule has 5 nitrogen and oxygen atoms in total. The zero-order valence-electron chi connectivity index (χ0n) is 15.7.